The molecule has 0 radical (unpaired) electrons. The number of nitrogens with one attached hydrogen (secondary N) is 1. The molecule has 0 saturated carbocycles. The molecule has 1 aromatic carbocycles. The minimum absolute atomic E-state index is 0.116. The number of hydrogen-bond donors (Lipinski definition) is 1. The van der Waals surface area contributed by atoms with Gasteiger partial charge in [-0.25, -0.2) is 9.97 Å². The topological polar surface area (TPSA) is 67.4 Å². The summed E-state index contributed by atoms with van der Waals surface area (Å²) in [6.45, 7) is 6.63. The number of benzene rings is 1. The standard InChI is InChI=1S/C18H21ClN4O2S/c1-12-10-13(2)21-18(20-12)26-11-16(24)22-15-5-3-4-14(19)17(15)23-6-8-25-9-7-23/h3-5,10H,6-9,11H2,1-2H3,(H,22,24). The summed E-state index contributed by atoms with van der Waals surface area (Å²) in [6.07, 6.45) is 0. The lowest BCUT2D eigenvalue weighted by Gasteiger charge is -2.31. The molecule has 0 spiro atoms. The van der Waals surface area contributed by atoms with Crippen LogP contribution in [-0.4, -0.2) is 47.9 Å². The van der Waals surface area contributed by atoms with E-state index in [1.54, 1.807) is 0 Å². The van der Waals surface area contributed by atoms with Crippen LogP contribution in [0.3, 0.4) is 0 Å². The average Bonchev–Trinajstić information content (AvgIpc) is 2.60. The van der Waals surface area contributed by atoms with Crippen molar-refractivity contribution >= 4 is 40.6 Å². The highest BCUT2D eigenvalue weighted by Gasteiger charge is 2.19. The summed E-state index contributed by atoms with van der Waals surface area (Å²) in [5.74, 6) is 0.118. The van der Waals surface area contributed by atoms with Crippen molar-refractivity contribution < 1.29 is 9.53 Å². The Kier molecular flexibility index (Phi) is 6.34. The van der Waals surface area contributed by atoms with Gasteiger partial charge in [0.15, 0.2) is 5.16 Å². The first-order chi connectivity index (χ1) is 12.5. The average molecular weight is 393 g/mol. The van der Waals surface area contributed by atoms with Crippen LogP contribution in [0.15, 0.2) is 29.4 Å². The van der Waals surface area contributed by atoms with Crippen LogP contribution in [-0.2, 0) is 9.53 Å². The fraction of sp³-hybridized carbons (Fsp3) is 0.389. The molecule has 1 saturated heterocycles. The van der Waals surface area contributed by atoms with E-state index in [1.807, 2.05) is 38.1 Å². The second kappa shape index (κ2) is 8.70. The van der Waals surface area contributed by atoms with Crippen LogP contribution in [0.25, 0.3) is 0 Å². The lowest BCUT2D eigenvalue weighted by Crippen LogP contribution is -2.37. The summed E-state index contributed by atoms with van der Waals surface area (Å²) in [5.41, 5.74) is 3.35. The maximum absolute atomic E-state index is 12.4. The zero-order valence-corrected chi connectivity index (χ0v) is 16.4. The molecule has 0 unspecified atom stereocenters. The first kappa shape index (κ1) is 18.9. The Bertz CT molecular complexity index is 777. The normalized spacial score (nSPS) is 14.3. The number of aryl methyl sites for hydroxylation is 2. The third-order valence-corrected chi connectivity index (χ3v) is 5.03. The van der Waals surface area contributed by atoms with Crippen molar-refractivity contribution in [2.45, 2.75) is 19.0 Å². The minimum Gasteiger partial charge on any atom is -0.378 e. The van der Waals surface area contributed by atoms with Crippen LogP contribution in [0, 0.1) is 13.8 Å². The van der Waals surface area contributed by atoms with Gasteiger partial charge in [-0.15, -0.1) is 0 Å². The van der Waals surface area contributed by atoms with E-state index in [2.05, 4.69) is 20.2 Å². The van der Waals surface area contributed by atoms with Crippen LogP contribution in [0.1, 0.15) is 11.4 Å². The summed E-state index contributed by atoms with van der Waals surface area (Å²) in [6, 6.07) is 7.44. The zero-order valence-electron chi connectivity index (χ0n) is 14.8. The third-order valence-electron chi connectivity index (χ3n) is 3.88. The van der Waals surface area contributed by atoms with Gasteiger partial charge in [-0.3, -0.25) is 4.79 Å². The first-order valence-corrected chi connectivity index (χ1v) is 9.75. The van der Waals surface area contributed by atoms with Gasteiger partial charge in [-0.05, 0) is 32.0 Å². The SMILES string of the molecule is Cc1cc(C)nc(SCC(=O)Nc2cccc(Cl)c2N2CCOCC2)n1. The smallest absolute Gasteiger partial charge is 0.234 e. The first-order valence-electron chi connectivity index (χ1n) is 8.39. The van der Waals surface area contributed by atoms with Gasteiger partial charge in [-0.2, -0.15) is 0 Å². The molecular formula is C18H21ClN4O2S. The molecule has 0 atom stereocenters. The molecule has 1 fully saturated rings. The fourth-order valence-corrected chi connectivity index (χ4v) is 3.84. The van der Waals surface area contributed by atoms with Crippen molar-refractivity contribution in [3.8, 4) is 0 Å². The van der Waals surface area contributed by atoms with Crippen LogP contribution < -0.4 is 10.2 Å². The summed E-state index contributed by atoms with van der Waals surface area (Å²) in [5, 5.41) is 4.19. The number of halogens is 1. The number of anilines is 2. The van der Waals surface area contributed by atoms with Crippen LogP contribution >= 0.6 is 23.4 Å². The Balaban J connectivity index is 1.68. The van der Waals surface area contributed by atoms with Crippen LogP contribution in [0.5, 0.6) is 0 Å². The van der Waals surface area contributed by atoms with E-state index < -0.39 is 0 Å². The lowest BCUT2D eigenvalue weighted by atomic mass is 10.2. The van der Waals surface area contributed by atoms with Gasteiger partial charge >= 0.3 is 0 Å². The molecule has 0 bridgehead atoms. The highest BCUT2D eigenvalue weighted by Crippen LogP contribution is 2.34. The van der Waals surface area contributed by atoms with Gasteiger partial charge in [0.1, 0.15) is 0 Å². The highest BCUT2D eigenvalue weighted by atomic mass is 35.5. The molecule has 6 nitrogen and oxygen atoms in total. The van der Waals surface area contributed by atoms with E-state index in [1.165, 1.54) is 11.8 Å². The molecule has 0 aliphatic carbocycles. The molecule has 1 amide bonds. The van der Waals surface area contributed by atoms with E-state index in [9.17, 15) is 4.79 Å². The number of carbonyl (C=O) groups excluding carboxylic acids is 1. The Hall–Kier alpha value is -1.83. The second-order valence-electron chi connectivity index (χ2n) is 6.01. The number of ether oxygens (including phenoxy) is 1. The molecule has 2 heterocycles. The predicted octanol–water partition coefficient (Wildman–Crippen LogP) is 3.31. The van der Waals surface area contributed by atoms with Gasteiger partial charge in [0.25, 0.3) is 0 Å². The Morgan fingerprint density at radius 1 is 1.27 bits per heavy atom. The van der Waals surface area contributed by atoms with Crippen LogP contribution in [0.2, 0.25) is 5.02 Å². The molecular weight excluding hydrogens is 372 g/mol. The van der Waals surface area contributed by atoms with E-state index in [-0.39, 0.29) is 11.7 Å². The van der Waals surface area contributed by atoms with Crippen LogP contribution in [0.4, 0.5) is 11.4 Å². The summed E-state index contributed by atoms with van der Waals surface area (Å²) in [7, 11) is 0. The van der Waals surface area contributed by atoms with Gasteiger partial charge in [0, 0.05) is 24.5 Å². The Morgan fingerprint density at radius 2 is 1.96 bits per heavy atom. The van der Waals surface area contributed by atoms with E-state index in [0.717, 1.165) is 30.2 Å². The zero-order chi connectivity index (χ0) is 18.5. The molecule has 1 N–H and O–H groups in total. The predicted molar refractivity (Wildman–Crippen MR) is 105 cm³/mol. The lowest BCUT2D eigenvalue weighted by molar-refractivity contribution is -0.113. The van der Waals surface area contributed by atoms with E-state index in [0.29, 0.717) is 29.1 Å². The molecule has 26 heavy (non-hydrogen) atoms. The molecule has 138 valence electrons. The second-order valence-corrected chi connectivity index (χ2v) is 7.36. The number of nitrogens with zero attached hydrogens (tertiary/aromatic N) is 3. The van der Waals surface area contributed by atoms with Crippen molar-refractivity contribution in [1.82, 2.24) is 9.97 Å². The molecule has 3 rings (SSSR count). The van der Waals surface area contributed by atoms with Crippen molar-refractivity contribution in [2.24, 2.45) is 0 Å². The van der Waals surface area contributed by atoms with E-state index >= 15 is 0 Å². The summed E-state index contributed by atoms with van der Waals surface area (Å²) < 4.78 is 5.40. The Labute approximate surface area is 162 Å². The number of hydrogen-bond acceptors (Lipinski definition) is 6. The van der Waals surface area contributed by atoms with Gasteiger partial charge in [-0.1, -0.05) is 29.4 Å². The largest absolute Gasteiger partial charge is 0.378 e. The Morgan fingerprint density at radius 3 is 2.65 bits per heavy atom. The van der Waals surface area contributed by atoms with E-state index in [4.69, 9.17) is 16.3 Å². The fourth-order valence-electron chi connectivity index (χ4n) is 2.80. The number of aromatic nitrogens is 2. The molecule has 1 aromatic heterocycles. The minimum atomic E-state index is -0.116. The molecule has 1 aliphatic rings. The molecule has 8 heteroatoms. The number of amides is 1. The number of para-hydroxylation sites is 1. The summed E-state index contributed by atoms with van der Waals surface area (Å²) in [4.78, 5) is 23.3. The van der Waals surface area contributed by atoms with Gasteiger partial charge in [0.05, 0.1) is 35.4 Å². The highest BCUT2D eigenvalue weighted by molar-refractivity contribution is 7.99. The maximum atomic E-state index is 12.4. The van der Waals surface area contributed by atoms with Gasteiger partial charge in [0.2, 0.25) is 5.91 Å². The number of rotatable bonds is 5. The monoisotopic (exact) mass is 392 g/mol. The number of morpholine rings is 1. The van der Waals surface area contributed by atoms with Crippen molar-refractivity contribution in [1.29, 1.82) is 0 Å². The molecule has 2 aromatic rings. The summed E-state index contributed by atoms with van der Waals surface area (Å²) >= 11 is 7.72. The number of thioether (sulfide) groups is 1. The maximum Gasteiger partial charge on any atom is 0.234 e. The quantitative estimate of drug-likeness (QED) is 0.622. The van der Waals surface area contributed by atoms with Crippen molar-refractivity contribution in [2.75, 3.05) is 42.3 Å². The third kappa shape index (κ3) is 4.87. The van der Waals surface area contributed by atoms with Gasteiger partial charge < -0.3 is 15.0 Å². The van der Waals surface area contributed by atoms with Crippen molar-refractivity contribution in [3.63, 3.8) is 0 Å². The van der Waals surface area contributed by atoms with Crippen molar-refractivity contribution in [3.05, 3.63) is 40.7 Å². The molecule has 1 aliphatic heterocycles. The number of carbonyl (C=O) groups is 1.